The van der Waals surface area contributed by atoms with Crippen LogP contribution in [0.1, 0.15) is 67.9 Å². The van der Waals surface area contributed by atoms with Crippen molar-refractivity contribution < 1.29 is 42.9 Å². The van der Waals surface area contributed by atoms with Crippen LogP contribution >= 0.6 is 23.2 Å². The lowest BCUT2D eigenvalue weighted by Crippen LogP contribution is -2.47. The fraction of sp³-hybridized carbons (Fsp3) is 0.378. The minimum absolute atomic E-state index is 0.00364. The van der Waals surface area contributed by atoms with E-state index in [2.05, 4.69) is 15.6 Å². The zero-order valence-corrected chi connectivity index (χ0v) is 36.2. The van der Waals surface area contributed by atoms with Crippen LogP contribution in [0.5, 0.6) is 5.75 Å². The normalized spacial score (nSPS) is 17.1. The largest absolute Gasteiger partial charge is 0.496 e. The molecule has 3 aliphatic heterocycles. The number of aromatic nitrogens is 1. The van der Waals surface area contributed by atoms with Gasteiger partial charge in [-0.25, -0.2) is 14.0 Å². The minimum Gasteiger partial charge on any atom is -0.496 e. The molecule has 326 valence electrons. The van der Waals surface area contributed by atoms with Crippen LogP contribution in [0, 0.1) is 5.82 Å². The van der Waals surface area contributed by atoms with Crippen molar-refractivity contribution in [3.8, 4) is 39.3 Å². The molecule has 4 heterocycles. The number of methoxy groups -OCH3 is 1. The third-order valence-electron chi connectivity index (χ3n) is 11.1. The molecule has 0 unspecified atom stereocenters. The number of carbonyl (C=O) groups excluding carboxylic acids is 4. The number of hydrogen-bond donors (Lipinski definition) is 3. The predicted molar refractivity (Wildman–Crippen MR) is 230 cm³/mol. The number of halogens is 3. The number of ether oxygens (including phenoxy) is 2. The Balaban J connectivity index is 1.10. The van der Waals surface area contributed by atoms with E-state index < -0.39 is 23.6 Å². The first kappa shape index (κ1) is 44.1. The summed E-state index contributed by atoms with van der Waals surface area (Å²) in [5.41, 5.74) is 3.68. The number of carboxylic acid groups (broad SMARTS) is 1. The molecule has 0 radical (unpaired) electrons. The van der Waals surface area contributed by atoms with E-state index in [0.29, 0.717) is 76.3 Å². The maximum atomic E-state index is 15.9. The molecular formula is C45H47Cl2FN6O8. The Morgan fingerprint density at radius 3 is 2.18 bits per heavy atom. The van der Waals surface area contributed by atoms with Crippen molar-refractivity contribution in [2.24, 2.45) is 0 Å². The lowest BCUT2D eigenvalue weighted by atomic mass is 9.96. The number of pyridine rings is 1. The number of rotatable bonds is 13. The molecule has 0 spiro atoms. The molecule has 3 N–H and O–H groups in total. The van der Waals surface area contributed by atoms with Gasteiger partial charge in [-0.1, -0.05) is 47.5 Å². The molecule has 62 heavy (non-hydrogen) atoms. The van der Waals surface area contributed by atoms with E-state index in [9.17, 15) is 29.1 Å². The first-order chi connectivity index (χ1) is 29.5. The highest BCUT2D eigenvalue weighted by Crippen LogP contribution is 2.43. The molecule has 7 rings (SSSR count). The van der Waals surface area contributed by atoms with Crippen molar-refractivity contribution in [2.75, 3.05) is 33.3 Å². The fourth-order valence-corrected chi connectivity index (χ4v) is 8.67. The van der Waals surface area contributed by atoms with Gasteiger partial charge in [0.15, 0.2) is 0 Å². The Hall–Kier alpha value is -5.93. The summed E-state index contributed by atoms with van der Waals surface area (Å²) in [6, 6.07) is 14.7. The van der Waals surface area contributed by atoms with Crippen molar-refractivity contribution in [3.05, 3.63) is 93.3 Å². The average Bonchev–Trinajstić information content (AvgIpc) is 3.92. The summed E-state index contributed by atoms with van der Waals surface area (Å²) in [5.74, 6) is -0.964. The molecule has 5 amide bonds. The number of carbonyl (C=O) groups is 5. The van der Waals surface area contributed by atoms with E-state index in [-0.39, 0.29) is 78.9 Å². The van der Waals surface area contributed by atoms with Crippen molar-refractivity contribution in [3.63, 3.8) is 0 Å². The topological polar surface area (TPSA) is 171 Å². The number of nitrogens with zero attached hydrogens (tertiary/aromatic N) is 4. The molecule has 0 saturated carbocycles. The summed E-state index contributed by atoms with van der Waals surface area (Å²) in [6.07, 6.45) is 1.61. The second kappa shape index (κ2) is 18.2. The fourth-order valence-electron chi connectivity index (χ4n) is 8.01. The van der Waals surface area contributed by atoms with Crippen molar-refractivity contribution in [1.29, 1.82) is 0 Å². The zero-order chi connectivity index (χ0) is 44.5. The van der Waals surface area contributed by atoms with E-state index in [1.807, 2.05) is 6.07 Å². The molecule has 2 saturated heterocycles. The van der Waals surface area contributed by atoms with Crippen molar-refractivity contribution >= 4 is 53.1 Å². The van der Waals surface area contributed by atoms with Gasteiger partial charge < -0.3 is 39.9 Å². The number of nitrogens with one attached hydrogen (secondary N) is 2. The number of amides is 5. The first-order valence-corrected chi connectivity index (χ1v) is 21.0. The summed E-state index contributed by atoms with van der Waals surface area (Å²) in [7, 11) is 1.37. The summed E-state index contributed by atoms with van der Waals surface area (Å²) in [4.78, 5) is 71.3. The second-order valence-corrected chi connectivity index (χ2v) is 17.4. The highest BCUT2D eigenvalue weighted by atomic mass is 35.5. The molecule has 0 bridgehead atoms. The van der Waals surface area contributed by atoms with Crippen LogP contribution in [0.3, 0.4) is 0 Å². The molecule has 2 atom stereocenters. The smallest absolute Gasteiger partial charge is 0.410 e. The Kier molecular flexibility index (Phi) is 13.0. The van der Waals surface area contributed by atoms with Crippen LogP contribution < -0.4 is 15.4 Å². The maximum Gasteiger partial charge on any atom is 0.410 e. The van der Waals surface area contributed by atoms with Gasteiger partial charge in [0, 0.05) is 97.2 Å². The Labute approximate surface area is 368 Å². The van der Waals surface area contributed by atoms with Crippen LogP contribution in [-0.4, -0.2) is 106 Å². The predicted octanol–water partition coefficient (Wildman–Crippen LogP) is 7.77. The standard InChI is InChI=1S/C45H47Cl2FN6O8/c1-45(2,3)62-44(60)53(22-28-9-12-37(55)50-28)17-16-52-21-27-18-25(8-11-31(27)42(52)57)41-40(47)33(14-15-49-41)32-7-5-6-30(39(32)46)26-19-35(48)34(36(20-26)61-4)24-54(43(58)59)23-29-10-13-38(56)51-29/h5-8,11,14-15,18-20,28-29H,9-10,12-13,16-17,21-24H2,1-4H3,(H,50,55)(H,51,56)(H,58,59)/t28-,29-/m0/s1. The van der Waals surface area contributed by atoms with E-state index in [0.717, 1.165) is 10.5 Å². The third-order valence-corrected chi connectivity index (χ3v) is 11.9. The molecule has 4 aromatic rings. The monoisotopic (exact) mass is 888 g/mol. The molecule has 3 aromatic carbocycles. The van der Waals surface area contributed by atoms with Gasteiger partial charge in [0.05, 0.1) is 29.4 Å². The summed E-state index contributed by atoms with van der Waals surface area (Å²) in [6.45, 7) is 6.05. The quantitative estimate of drug-likeness (QED) is 0.121. The molecule has 3 aliphatic rings. The molecule has 0 aliphatic carbocycles. The maximum absolute atomic E-state index is 15.9. The molecular weight excluding hydrogens is 842 g/mol. The molecule has 17 heteroatoms. The van der Waals surface area contributed by atoms with Crippen LogP contribution in [0.25, 0.3) is 33.5 Å². The number of hydrogen-bond acceptors (Lipinski definition) is 8. The van der Waals surface area contributed by atoms with Gasteiger partial charge in [-0.3, -0.25) is 19.4 Å². The highest BCUT2D eigenvalue weighted by molar-refractivity contribution is 6.39. The Morgan fingerprint density at radius 1 is 0.887 bits per heavy atom. The lowest BCUT2D eigenvalue weighted by molar-refractivity contribution is -0.120. The van der Waals surface area contributed by atoms with E-state index in [4.69, 9.17) is 32.7 Å². The van der Waals surface area contributed by atoms with E-state index in [1.165, 1.54) is 18.1 Å². The van der Waals surface area contributed by atoms with Crippen LogP contribution in [0.4, 0.5) is 14.0 Å². The van der Waals surface area contributed by atoms with Crippen LogP contribution in [-0.2, 0) is 27.4 Å². The number of benzene rings is 3. The van der Waals surface area contributed by atoms with Gasteiger partial charge in [-0.05, 0) is 75.1 Å². The van der Waals surface area contributed by atoms with Crippen molar-refractivity contribution in [1.82, 2.24) is 30.3 Å². The van der Waals surface area contributed by atoms with Crippen molar-refractivity contribution in [2.45, 2.75) is 77.2 Å². The van der Waals surface area contributed by atoms with Gasteiger partial charge in [0.2, 0.25) is 11.8 Å². The van der Waals surface area contributed by atoms with E-state index >= 15 is 4.39 Å². The van der Waals surface area contributed by atoms with Gasteiger partial charge >= 0.3 is 12.2 Å². The highest BCUT2D eigenvalue weighted by Gasteiger charge is 2.33. The first-order valence-electron chi connectivity index (χ1n) is 20.3. The van der Waals surface area contributed by atoms with Crippen LogP contribution in [0.2, 0.25) is 10.0 Å². The van der Waals surface area contributed by atoms with E-state index in [1.54, 1.807) is 74.3 Å². The third kappa shape index (κ3) is 9.74. The molecule has 1 aromatic heterocycles. The lowest BCUT2D eigenvalue weighted by Gasteiger charge is -2.30. The summed E-state index contributed by atoms with van der Waals surface area (Å²) >= 11 is 14.2. The zero-order valence-electron chi connectivity index (χ0n) is 34.7. The minimum atomic E-state index is -1.26. The summed E-state index contributed by atoms with van der Waals surface area (Å²) in [5, 5.41) is 16.1. The van der Waals surface area contributed by atoms with Gasteiger partial charge in [0.25, 0.3) is 5.91 Å². The average molecular weight is 890 g/mol. The summed E-state index contributed by atoms with van der Waals surface area (Å²) < 4.78 is 27.1. The van der Waals surface area contributed by atoms with Gasteiger partial charge in [-0.15, -0.1) is 0 Å². The Morgan fingerprint density at radius 2 is 1.55 bits per heavy atom. The Bertz CT molecular complexity index is 2440. The SMILES string of the molecule is COc1cc(-c2cccc(-c3ccnc(-c4ccc5c(c4)CN(CCN(C[C@@H]4CCC(=O)N4)C(=O)OC(C)(C)C)C5=O)c3Cl)c2Cl)cc(F)c1CN(C[C@@H]1CCC(=O)N1)C(=O)O. The van der Waals surface area contributed by atoms with Crippen LogP contribution in [0.15, 0.2) is 60.8 Å². The van der Waals surface area contributed by atoms with Gasteiger partial charge in [0.1, 0.15) is 17.2 Å². The molecule has 2 fully saturated rings. The van der Waals surface area contributed by atoms with Gasteiger partial charge in [-0.2, -0.15) is 0 Å². The molecule has 14 nitrogen and oxygen atoms in total. The number of fused-ring (bicyclic) bond motifs is 1. The second-order valence-electron chi connectivity index (χ2n) is 16.6.